The first-order valence-electron chi connectivity index (χ1n) is 7.22. The monoisotopic (exact) mass is 299 g/mol. The number of halogens is 1. The first-order chi connectivity index (χ1) is 10.5. The lowest BCUT2D eigenvalue weighted by molar-refractivity contribution is -0.122. The van der Waals surface area contributed by atoms with Crippen molar-refractivity contribution < 1.29 is 14.0 Å². The van der Waals surface area contributed by atoms with Crippen LogP contribution < -0.4 is 0 Å². The van der Waals surface area contributed by atoms with Crippen LogP contribution >= 0.6 is 0 Å². The van der Waals surface area contributed by atoms with Gasteiger partial charge in [-0.3, -0.25) is 14.6 Å². The van der Waals surface area contributed by atoms with Gasteiger partial charge in [0.15, 0.2) is 5.78 Å². The number of carbonyl (C=O) groups excluding carboxylic acids is 2. The minimum atomic E-state index is -0.637. The van der Waals surface area contributed by atoms with Crippen LogP contribution in [0.15, 0.2) is 48.7 Å². The molecule has 0 N–H and O–H groups in total. The molecule has 0 saturated heterocycles. The molecule has 0 amide bonds. The van der Waals surface area contributed by atoms with Crippen LogP contribution in [0.25, 0.3) is 0 Å². The van der Waals surface area contributed by atoms with E-state index in [1.807, 2.05) is 0 Å². The maximum atomic E-state index is 13.0. The molecule has 1 aromatic heterocycles. The number of hydrogen-bond acceptors (Lipinski definition) is 3. The summed E-state index contributed by atoms with van der Waals surface area (Å²) < 4.78 is 13.0. The smallest absolute Gasteiger partial charge is 0.172 e. The van der Waals surface area contributed by atoms with Crippen molar-refractivity contribution in [2.45, 2.75) is 26.2 Å². The highest BCUT2D eigenvalue weighted by Crippen LogP contribution is 2.24. The molecule has 2 aromatic rings. The van der Waals surface area contributed by atoms with Crippen molar-refractivity contribution in [2.75, 3.05) is 0 Å². The van der Waals surface area contributed by atoms with Crippen LogP contribution in [-0.2, 0) is 4.79 Å². The number of Topliss-reactive ketones (excluding diaryl/α,β-unsaturated/α-hetero) is 2. The van der Waals surface area contributed by atoms with Crippen molar-refractivity contribution in [1.29, 1.82) is 0 Å². The van der Waals surface area contributed by atoms with Crippen LogP contribution in [0.5, 0.6) is 0 Å². The summed E-state index contributed by atoms with van der Waals surface area (Å²) in [6.07, 6.45) is 1.70. The third-order valence-electron chi connectivity index (χ3n) is 3.54. The van der Waals surface area contributed by atoms with Gasteiger partial charge in [0.2, 0.25) is 0 Å². The van der Waals surface area contributed by atoms with E-state index in [4.69, 9.17) is 0 Å². The topological polar surface area (TPSA) is 47.0 Å². The number of nitrogens with zero attached hydrogens (tertiary/aromatic N) is 1. The number of carbonyl (C=O) groups is 2. The molecule has 1 unspecified atom stereocenters. The van der Waals surface area contributed by atoms with E-state index in [0.717, 1.165) is 0 Å². The van der Waals surface area contributed by atoms with Crippen LogP contribution in [-0.4, -0.2) is 16.6 Å². The Morgan fingerprint density at radius 1 is 1.09 bits per heavy atom. The summed E-state index contributed by atoms with van der Waals surface area (Å²) in [6, 6.07) is 10.6. The molecule has 1 heterocycles. The third-order valence-corrected chi connectivity index (χ3v) is 3.54. The molecule has 0 aliphatic carbocycles. The van der Waals surface area contributed by atoms with Gasteiger partial charge >= 0.3 is 0 Å². The van der Waals surface area contributed by atoms with Crippen LogP contribution in [0.4, 0.5) is 4.39 Å². The molecule has 0 radical (unpaired) electrons. The van der Waals surface area contributed by atoms with Crippen molar-refractivity contribution in [1.82, 2.24) is 4.98 Å². The minimum Gasteiger partial charge on any atom is -0.299 e. The molecule has 0 fully saturated rings. The van der Waals surface area contributed by atoms with E-state index in [9.17, 15) is 14.0 Å². The molecule has 1 atom stereocenters. The van der Waals surface area contributed by atoms with E-state index >= 15 is 0 Å². The van der Waals surface area contributed by atoms with Gasteiger partial charge in [-0.2, -0.15) is 0 Å². The summed E-state index contributed by atoms with van der Waals surface area (Å²) in [7, 11) is 0. The number of pyridine rings is 1. The van der Waals surface area contributed by atoms with Crippen LogP contribution in [0.1, 0.15) is 42.2 Å². The Balaban J connectivity index is 2.33. The molecule has 0 saturated carbocycles. The molecule has 0 aliphatic rings. The van der Waals surface area contributed by atoms with Gasteiger partial charge in [-0.1, -0.05) is 19.9 Å². The molecule has 0 spiro atoms. The van der Waals surface area contributed by atoms with Gasteiger partial charge in [-0.25, -0.2) is 4.39 Å². The summed E-state index contributed by atoms with van der Waals surface area (Å²) in [5, 5.41) is 0. The van der Waals surface area contributed by atoms with Crippen LogP contribution in [0, 0.1) is 11.7 Å². The Labute approximate surface area is 129 Å². The molecule has 22 heavy (non-hydrogen) atoms. The summed E-state index contributed by atoms with van der Waals surface area (Å²) >= 11 is 0. The fraction of sp³-hybridized carbons (Fsp3) is 0.278. The van der Waals surface area contributed by atoms with Crippen molar-refractivity contribution >= 4 is 11.6 Å². The summed E-state index contributed by atoms with van der Waals surface area (Å²) in [4.78, 5) is 29.0. The van der Waals surface area contributed by atoms with Crippen molar-refractivity contribution in [2.24, 2.45) is 5.92 Å². The standard InChI is InChI=1S/C18H18FNO2/c1-12(2)17(21)11-15(16-5-3-4-10-20-16)18(22)13-6-8-14(19)9-7-13/h3-10,12,15H,11H2,1-2H3. The van der Waals surface area contributed by atoms with Gasteiger partial charge in [0.25, 0.3) is 0 Å². The summed E-state index contributed by atoms with van der Waals surface area (Å²) in [6.45, 7) is 3.61. The van der Waals surface area contributed by atoms with E-state index < -0.39 is 11.7 Å². The molecule has 0 bridgehead atoms. The highest BCUT2D eigenvalue weighted by molar-refractivity contribution is 6.03. The van der Waals surface area contributed by atoms with Crippen molar-refractivity contribution in [3.05, 3.63) is 65.7 Å². The number of aromatic nitrogens is 1. The molecule has 3 nitrogen and oxygen atoms in total. The average Bonchev–Trinajstić information content (AvgIpc) is 2.53. The van der Waals surface area contributed by atoms with E-state index in [1.165, 1.54) is 24.3 Å². The summed E-state index contributed by atoms with van der Waals surface area (Å²) in [5.41, 5.74) is 0.944. The van der Waals surface area contributed by atoms with Crippen LogP contribution in [0.3, 0.4) is 0 Å². The number of hydrogen-bond donors (Lipinski definition) is 0. The lowest BCUT2D eigenvalue weighted by atomic mass is 9.87. The second-order valence-corrected chi connectivity index (χ2v) is 5.50. The van der Waals surface area contributed by atoms with Gasteiger partial charge in [0.1, 0.15) is 11.6 Å². The van der Waals surface area contributed by atoms with Gasteiger partial charge in [0.05, 0.1) is 11.6 Å². The molecular formula is C18H18FNO2. The zero-order chi connectivity index (χ0) is 16.1. The molecule has 2 rings (SSSR count). The average molecular weight is 299 g/mol. The molecule has 1 aromatic carbocycles. The number of benzene rings is 1. The quantitative estimate of drug-likeness (QED) is 0.762. The van der Waals surface area contributed by atoms with Crippen LogP contribution in [0.2, 0.25) is 0 Å². The zero-order valence-electron chi connectivity index (χ0n) is 12.6. The third kappa shape index (κ3) is 3.85. The summed E-state index contributed by atoms with van der Waals surface area (Å²) in [5.74, 6) is -1.39. The Morgan fingerprint density at radius 3 is 2.32 bits per heavy atom. The molecule has 0 aliphatic heterocycles. The predicted molar refractivity (Wildman–Crippen MR) is 82.2 cm³/mol. The second-order valence-electron chi connectivity index (χ2n) is 5.50. The second kappa shape index (κ2) is 7.07. The van der Waals surface area contributed by atoms with E-state index in [2.05, 4.69) is 4.98 Å². The number of rotatable bonds is 6. The Bertz CT molecular complexity index is 651. The highest BCUT2D eigenvalue weighted by atomic mass is 19.1. The van der Waals surface area contributed by atoms with Gasteiger partial charge < -0.3 is 0 Å². The lowest BCUT2D eigenvalue weighted by Crippen LogP contribution is -2.20. The largest absolute Gasteiger partial charge is 0.299 e. The Morgan fingerprint density at radius 2 is 1.77 bits per heavy atom. The first kappa shape index (κ1) is 16.0. The highest BCUT2D eigenvalue weighted by Gasteiger charge is 2.26. The molecule has 4 heteroatoms. The Kier molecular flexibility index (Phi) is 5.15. The Hall–Kier alpha value is -2.36. The van der Waals surface area contributed by atoms with Gasteiger partial charge in [-0.05, 0) is 36.4 Å². The SMILES string of the molecule is CC(C)C(=O)CC(C(=O)c1ccc(F)cc1)c1ccccn1. The molecular weight excluding hydrogens is 281 g/mol. The van der Waals surface area contributed by atoms with E-state index in [-0.39, 0.29) is 23.9 Å². The lowest BCUT2D eigenvalue weighted by Gasteiger charge is -2.16. The van der Waals surface area contributed by atoms with E-state index in [0.29, 0.717) is 11.3 Å². The normalized spacial score (nSPS) is 12.2. The minimum absolute atomic E-state index is 0.00566. The maximum absolute atomic E-state index is 13.0. The van der Waals surface area contributed by atoms with Crippen molar-refractivity contribution in [3.8, 4) is 0 Å². The van der Waals surface area contributed by atoms with Crippen molar-refractivity contribution in [3.63, 3.8) is 0 Å². The number of ketones is 2. The first-order valence-corrected chi connectivity index (χ1v) is 7.22. The van der Waals surface area contributed by atoms with Gasteiger partial charge in [0, 0.05) is 24.1 Å². The predicted octanol–water partition coefficient (Wildman–Crippen LogP) is 3.80. The van der Waals surface area contributed by atoms with Gasteiger partial charge in [-0.15, -0.1) is 0 Å². The fourth-order valence-corrected chi connectivity index (χ4v) is 2.17. The molecule has 114 valence electrons. The zero-order valence-corrected chi connectivity index (χ0v) is 12.6. The fourth-order valence-electron chi connectivity index (χ4n) is 2.17. The maximum Gasteiger partial charge on any atom is 0.172 e. The van der Waals surface area contributed by atoms with E-state index in [1.54, 1.807) is 38.2 Å².